The average Bonchev–Trinajstić information content (AvgIpc) is 2.68. The predicted octanol–water partition coefficient (Wildman–Crippen LogP) is 2.62. The summed E-state index contributed by atoms with van der Waals surface area (Å²) in [6.07, 6.45) is 3.56. The summed E-state index contributed by atoms with van der Waals surface area (Å²) in [7, 11) is 0. The van der Waals surface area contributed by atoms with Crippen molar-refractivity contribution < 1.29 is 4.74 Å². The van der Waals surface area contributed by atoms with Crippen molar-refractivity contribution in [3.05, 3.63) is 35.1 Å². The third kappa shape index (κ3) is 2.04. The molecule has 0 atom stereocenters. The van der Waals surface area contributed by atoms with E-state index in [9.17, 15) is 0 Å². The Bertz CT molecular complexity index is 496. The minimum atomic E-state index is 0.594. The van der Waals surface area contributed by atoms with Crippen molar-refractivity contribution in [2.45, 2.75) is 6.92 Å². The van der Waals surface area contributed by atoms with E-state index in [4.69, 9.17) is 10.5 Å². The summed E-state index contributed by atoms with van der Waals surface area (Å²) in [6.45, 7) is 2.52. The van der Waals surface area contributed by atoms with Gasteiger partial charge in [0.05, 0.1) is 23.0 Å². The maximum atomic E-state index is 6.01. The van der Waals surface area contributed by atoms with E-state index in [2.05, 4.69) is 21.0 Å². The van der Waals surface area contributed by atoms with Gasteiger partial charge in [0.2, 0.25) is 0 Å². The maximum absolute atomic E-state index is 6.01. The molecule has 0 spiro atoms. The van der Waals surface area contributed by atoms with Crippen LogP contribution >= 0.6 is 15.9 Å². The molecule has 0 radical (unpaired) electrons. The molecule has 0 saturated carbocycles. The highest BCUT2D eigenvalue weighted by molar-refractivity contribution is 9.10. The van der Waals surface area contributed by atoms with Gasteiger partial charge in [-0.1, -0.05) is 6.07 Å². The third-order valence-electron chi connectivity index (χ3n) is 2.14. The predicted molar refractivity (Wildman–Crippen MR) is 66.8 cm³/mol. The average molecular weight is 282 g/mol. The van der Waals surface area contributed by atoms with Gasteiger partial charge in [-0.05, 0) is 35.0 Å². The molecule has 1 aromatic carbocycles. The van der Waals surface area contributed by atoms with Gasteiger partial charge in [-0.25, -0.2) is 4.68 Å². The van der Waals surface area contributed by atoms with E-state index in [-0.39, 0.29) is 0 Å². The Labute approximate surface area is 102 Å². The molecule has 84 valence electrons. The zero-order valence-electron chi connectivity index (χ0n) is 8.85. The van der Waals surface area contributed by atoms with Crippen LogP contribution in [0.3, 0.4) is 0 Å². The van der Waals surface area contributed by atoms with Gasteiger partial charge in [0.25, 0.3) is 0 Å². The van der Waals surface area contributed by atoms with Crippen molar-refractivity contribution in [1.82, 2.24) is 9.78 Å². The largest absolute Gasteiger partial charge is 0.492 e. The molecule has 16 heavy (non-hydrogen) atoms. The molecule has 0 unspecified atom stereocenters. The molecule has 0 aliphatic rings. The Morgan fingerprint density at radius 2 is 2.31 bits per heavy atom. The van der Waals surface area contributed by atoms with Crippen molar-refractivity contribution >= 4 is 21.6 Å². The van der Waals surface area contributed by atoms with Crippen LogP contribution in [-0.4, -0.2) is 16.4 Å². The summed E-state index contributed by atoms with van der Waals surface area (Å²) < 4.78 is 8.05. The molecule has 2 rings (SSSR count). The molecule has 4 nitrogen and oxygen atoms in total. The lowest BCUT2D eigenvalue weighted by molar-refractivity contribution is 0.342. The summed E-state index contributed by atoms with van der Waals surface area (Å²) >= 11 is 3.35. The number of nitrogens with zero attached hydrogens (tertiary/aromatic N) is 2. The van der Waals surface area contributed by atoms with Crippen molar-refractivity contribution in [2.75, 3.05) is 12.3 Å². The fourth-order valence-electron chi connectivity index (χ4n) is 1.45. The Morgan fingerprint density at radius 1 is 1.50 bits per heavy atom. The van der Waals surface area contributed by atoms with Crippen LogP contribution in [0.25, 0.3) is 5.69 Å². The zero-order chi connectivity index (χ0) is 11.5. The van der Waals surface area contributed by atoms with Crippen LogP contribution < -0.4 is 10.5 Å². The fourth-order valence-corrected chi connectivity index (χ4v) is 1.73. The number of para-hydroxylation sites is 1. The number of hydrogen-bond acceptors (Lipinski definition) is 3. The van der Waals surface area contributed by atoms with Gasteiger partial charge < -0.3 is 10.5 Å². The second-order valence-corrected chi connectivity index (χ2v) is 4.14. The summed E-state index contributed by atoms with van der Waals surface area (Å²) in [5.74, 6) is 0.687. The molecule has 1 aromatic heterocycles. The van der Waals surface area contributed by atoms with E-state index in [1.165, 1.54) is 0 Å². The van der Waals surface area contributed by atoms with Crippen LogP contribution in [0.2, 0.25) is 0 Å². The molecule has 0 bridgehead atoms. The molecule has 0 amide bonds. The van der Waals surface area contributed by atoms with Gasteiger partial charge in [-0.15, -0.1) is 0 Å². The Morgan fingerprint density at radius 3 is 2.94 bits per heavy atom. The number of benzene rings is 1. The first-order valence-electron chi connectivity index (χ1n) is 4.94. The molecule has 0 saturated heterocycles. The second-order valence-electron chi connectivity index (χ2n) is 3.23. The minimum Gasteiger partial charge on any atom is -0.492 e. The monoisotopic (exact) mass is 281 g/mol. The normalized spacial score (nSPS) is 10.4. The van der Waals surface area contributed by atoms with Gasteiger partial charge in [0, 0.05) is 6.20 Å². The van der Waals surface area contributed by atoms with Crippen molar-refractivity contribution in [1.29, 1.82) is 0 Å². The molecule has 0 aliphatic heterocycles. The number of ether oxygens (including phenoxy) is 1. The highest BCUT2D eigenvalue weighted by Gasteiger charge is 2.08. The SMILES string of the molecule is CCOc1cccc(-n2cc(Br)cn2)c1N. The van der Waals surface area contributed by atoms with E-state index >= 15 is 0 Å². The molecule has 1 heterocycles. The first-order valence-corrected chi connectivity index (χ1v) is 5.73. The van der Waals surface area contributed by atoms with E-state index in [1.54, 1.807) is 10.9 Å². The summed E-state index contributed by atoms with van der Waals surface area (Å²) in [5, 5.41) is 4.18. The molecular formula is C11H12BrN3O. The topological polar surface area (TPSA) is 53.1 Å². The Balaban J connectivity index is 2.45. The van der Waals surface area contributed by atoms with Gasteiger partial charge in [-0.3, -0.25) is 0 Å². The molecular weight excluding hydrogens is 270 g/mol. The fraction of sp³-hybridized carbons (Fsp3) is 0.182. The van der Waals surface area contributed by atoms with Crippen molar-refractivity contribution in [3.63, 3.8) is 0 Å². The van der Waals surface area contributed by atoms with Crippen LogP contribution in [0.4, 0.5) is 5.69 Å². The standard InChI is InChI=1S/C11H12BrN3O/c1-2-16-10-5-3-4-9(11(10)13)15-7-8(12)6-14-15/h3-7H,2,13H2,1H3. The number of nitrogens with two attached hydrogens (primary N) is 1. The lowest BCUT2D eigenvalue weighted by Crippen LogP contribution is -2.03. The van der Waals surface area contributed by atoms with E-state index < -0.39 is 0 Å². The van der Waals surface area contributed by atoms with Crippen LogP contribution in [0.1, 0.15) is 6.92 Å². The van der Waals surface area contributed by atoms with Gasteiger partial charge in [0.15, 0.2) is 0 Å². The molecule has 2 N–H and O–H groups in total. The van der Waals surface area contributed by atoms with Crippen LogP contribution in [-0.2, 0) is 0 Å². The molecule has 0 fully saturated rings. The third-order valence-corrected chi connectivity index (χ3v) is 2.55. The van der Waals surface area contributed by atoms with Crippen LogP contribution in [0.5, 0.6) is 5.75 Å². The van der Waals surface area contributed by atoms with Gasteiger partial charge >= 0.3 is 0 Å². The van der Waals surface area contributed by atoms with Gasteiger partial charge in [-0.2, -0.15) is 5.10 Å². The molecule has 2 aromatic rings. The number of nitrogen functional groups attached to an aromatic ring is 1. The highest BCUT2D eigenvalue weighted by Crippen LogP contribution is 2.28. The first kappa shape index (κ1) is 11.0. The molecule has 5 heteroatoms. The van der Waals surface area contributed by atoms with E-state index in [1.807, 2.05) is 31.3 Å². The minimum absolute atomic E-state index is 0.594. The smallest absolute Gasteiger partial charge is 0.144 e. The van der Waals surface area contributed by atoms with E-state index in [0.29, 0.717) is 18.0 Å². The lowest BCUT2D eigenvalue weighted by atomic mass is 10.2. The number of anilines is 1. The first-order chi connectivity index (χ1) is 7.72. The zero-order valence-corrected chi connectivity index (χ0v) is 10.4. The summed E-state index contributed by atoms with van der Waals surface area (Å²) in [4.78, 5) is 0. The Hall–Kier alpha value is -1.49. The number of aromatic nitrogens is 2. The number of hydrogen-bond donors (Lipinski definition) is 1. The lowest BCUT2D eigenvalue weighted by Gasteiger charge is -2.10. The quantitative estimate of drug-likeness (QED) is 0.880. The van der Waals surface area contributed by atoms with Crippen molar-refractivity contribution in [2.24, 2.45) is 0 Å². The molecule has 0 aliphatic carbocycles. The summed E-state index contributed by atoms with van der Waals surface area (Å²) in [5.41, 5.74) is 7.42. The number of halogens is 1. The van der Waals surface area contributed by atoms with Crippen LogP contribution in [0, 0.1) is 0 Å². The Kier molecular flexibility index (Phi) is 3.14. The van der Waals surface area contributed by atoms with E-state index in [0.717, 1.165) is 10.2 Å². The highest BCUT2D eigenvalue weighted by atomic mass is 79.9. The summed E-state index contributed by atoms with van der Waals surface area (Å²) in [6, 6.07) is 5.64. The van der Waals surface area contributed by atoms with Gasteiger partial charge in [0.1, 0.15) is 11.4 Å². The van der Waals surface area contributed by atoms with Crippen LogP contribution in [0.15, 0.2) is 35.1 Å². The van der Waals surface area contributed by atoms with Crippen molar-refractivity contribution in [3.8, 4) is 11.4 Å². The second kappa shape index (κ2) is 4.57. The number of rotatable bonds is 3. The maximum Gasteiger partial charge on any atom is 0.144 e.